The number of nitrogens with one attached hydrogen (secondary N) is 1. The Morgan fingerprint density at radius 1 is 1.47 bits per heavy atom. The monoisotopic (exact) mass is 334 g/mol. The van der Waals surface area contributed by atoms with Gasteiger partial charge in [-0.25, -0.2) is 4.79 Å². The summed E-state index contributed by atoms with van der Waals surface area (Å²) in [5, 5.41) is 12.8. The molecule has 1 aromatic rings. The van der Waals surface area contributed by atoms with Crippen LogP contribution in [-0.2, 0) is 4.74 Å². The fourth-order valence-corrected chi connectivity index (χ4v) is 1.62. The van der Waals surface area contributed by atoms with Crippen molar-refractivity contribution in [3.63, 3.8) is 0 Å². The van der Waals surface area contributed by atoms with Crippen molar-refractivity contribution in [3.8, 4) is 0 Å². The van der Waals surface area contributed by atoms with Crippen LogP contribution in [0.25, 0.3) is 0 Å². The van der Waals surface area contributed by atoms with Gasteiger partial charge in [-0.1, -0.05) is 0 Å². The second kappa shape index (κ2) is 5.52. The number of carbonyl (C=O) groups is 1. The SMILES string of the molecule is CC(C)(C)OC(=O)Nc1cc(F)c([N+](=O)[O-])cc1Br. The summed E-state index contributed by atoms with van der Waals surface area (Å²) in [6, 6.07) is 1.83. The Bertz CT molecular complexity index is 528. The predicted molar refractivity (Wildman–Crippen MR) is 70.6 cm³/mol. The Morgan fingerprint density at radius 3 is 2.53 bits per heavy atom. The Morgan fingerprint density at radius 2 is 2.05 bits per heavy atom. The molecule has 1 rings (SSSR count). The lowest BCUT2D eigenvalue weighted by atomic mass is 10.2. The van der Waals surface area contributed by atoms with Gasteiger partial charge in [-0.15, -0.1) is 0 Å². The molecule has 19 heavy (non-hydrogen) atoms. The largest absolute Gasteiger partial charge is 0.444 e. The quantitative estimate of drug-likeness (QED) is 0.657. The highest BCUT2D eigenvalue weighted by Crippen LogP contribution is 2.30. The molecular weight excluding hydrogens is 323 g/mol. The molecule has 0 aliphatic carbocycles. The zero-order valence-electron chi connectivity index (χ0n) is 10.5. The molecule has 0 unspecified atom stereocenters. The van der Waals surface area contributed by atoms with Crippen molar-refractivity contribution >= 4 is 33.4 Å². The van der Waals surface area contributed by atoms with E-state index in [0.717, 1.165) is 12.1 Å². The summed E-state index contributed by atoms with van der Waals surface area (Å²) in [6.07, 6.45) is -0.776. The lowest BCUT2D eigenvalue weighted by Crippen LogP contribution is -2.27. The number of nitrogens with zero attached hydrogens (tertiary/aromatic N) is 1. The molecule has 0 atom stereocenters. The minimum atomic E-state index is -1.04. The number of nitro groups is 1. The minimum Gasteiger partial charge on any atom is -0.444 e. The van der Waals surface area contributed by atoms with Crippen molar-refractivity contribution in [3.05, 3.63) is 32.5 Å². The molecule has 0 saturated carbocycles. The third-order valence-electron chi connectivity index (χ3n) is 1.87. The van der Waals surface area contributed by atoms with E-state index in [2.05, 4.69) is 21.2 Å². The molecule has 6 nitrogen and oxygen atoms in total. The summed E-state index contributed by atoms with van der Waals surface area (Å²) in [4.78, 5) is 21.2. The van der Waals surface area contributed by atoms with Gasteiger partial charge < -0.3 is 4.74 Å². The first kappa shape index (κ1) is 15.4. The van der Waals surface area contributed by atoms with Crippen LogP contribution in [0.5, 0.6) is 0 Å². The number of nitro benzene ring substituents is 1. The smallest absolute Gasteiger partial charge is 0.412 e. The van der Waals surface area contributed by atoms with Crippen molar-refractivity contribution in [2.24, 2.45) is 0 Å². The second-order valence-electron chi connectivity index (χ2n) is 4.67. The highest BCUT2D eigenvalue weighted by atomic mass is 79.9. The Kier molecular flexibility index (Phi) is 4.46. The first-order valence-electron chi connectivity index (χ1n) is 5.23. The van der Waals surface area contributed by atoms with E-state index in [1.807, 2.05) is 0 Å². The molecule has 0 spiro atoms. The first-order chi connectivity index (χ1) is 8.60. The second-order valence-corrected chi connectivity index (χ2v) is 5.52. The maximum absolute atomic E-state index is 13.4. The molecule has 0 fully saturated rings. The standard InChI is InChI=1S/C11H12BrFN2O4/c1-11(2,3)19-10(16)14-8-5-7(13)9(15(17)18)4-6(8)12/h4-5H,1-3H3,(H,14,16). The maximum atomic E-state index is 13.4. The van der Waals surface area contributed by atoms with E-state index >= 15 is 0 Å². The average Bonchev–Trinajstić information content (AvgIpc) is 2.19. The van der Waals surface area contributed by atoms with Crippen LogP contribution in [0, 0.1) is 15.9 Å². The molecule has 0 bridgehead atoms. The lowest BCUT2D eigenvalue weighted by Gasteiger charge is -2.20. The summed E-state index contributed by atoms with van der Waals surface area (Å²) in [5.74, 6) is -1.04. The van der Waals surface area contributed by atoms with Crippen LogP contribution in [0.2, 0.25) is 0 Å². The van der Waals surface area contributed by atoms with Gasteiger partial charge in [-0.05, 0) is 36.7 Å². The molecule has 104 valence electrons. The highest BCUT2D eigenvalue weighted by molar-refractivity contribution is 9.10. The van der Waals surface area contributed by atoms with Crippen LogP contribution in [0.4, 0.5) is 20.6 Å². The van der Waals surface area contributed by atoms with Gasteiger partial charge in [0.05, 0.1) is 10.6 Å². The van der Waals surface area contributed by atoms with Crippen molar-refractivity contribution in [1.29, 1.82) is 0 Å². The van der Waals surface area contributed by atoms with Crippen LogP contribution in [0.3, 0.4) is 0 Å². The number of carbonyl (C=O) groups excluding carboxylic acids is 1. The van der Waals surface area contributed by atoms with Gasteiger partial charge in [0.25, 0.3) is 0 Å². The number of benzene rings is 1. The number of ether oxygens (including phenoxy) is 1. The van der Waals surface area contributed by atoms with Crippen molar-refractivity contribution in [2.45, 2.75) is 26.4 Å². The Labute approximate surface area is 117 Å². The van der Waals surface area contributed by atoms with Gasteiger partial charge in [-0.2, -0.15) is 4.39 Å². The topological polar surface area (TPSA) is 81.5 Å². The van der Waals surface area contributed by atoms with Crippen molar-refractivity contribution in [2.75, 3.05) is 5.32 Å². The van der Waals surface area contributed by atoms with Crippen molar-refractivity contribution in [1.82, 2.24) is 0 Å². The van der Waals surface area contributed by atoms with Crippen LogP contribution >= 0.6 is 15.9 Å². The molecule has 0 saturated heterocycles. The molecule has 0 aliphatic rings. The van der Waals surface area contributed by atoms with Gasteiger partial charge >= 0.3 is 11.8 Å². The summed E-state index contributed by atoms with van der Waals surface area (Å²) in [5.41, 5.74) is -1.32. The number of hydrogen-bond acceptors (Lipinski definition) is 4. The summed E-state index contributed by atoms with van der Waals surface area (Å²) in [6.45, 7) is 5.04. The van der Waals surface area contributed by atoms with Gasteiger partial charge in [0.15, 0.2) is 0 Å². The third kappa shape index (κ3) is 4.47. The van der Waals surface area contributed by atoms with Gasteiger partial charge in [0, 0.05) is 16.6 Å². The van der Waals surface area contributed by atoms with E-state index in [0.29, 0.717) is 0 Å². The number of amides is 1. The lowest BCUT2D eigenvalue weighted by molar-refractivity contribution is -0.387. The van der Waals surface area contributed by atoms with E-state index < -0.39 is 28.1 Å². The van der Waals surface area contributed by atoms with Crippen LogP contribution in [0.15, 0.2) is 16.6 Å². The average molecular weight is 335 g/mol. The first-order valence-corrected chi connectivity index (χ1v) is 6.03. The molecule has 0 aliphatic heterocycles. The Hall–Kier alpha value is -1.70. The Balaban J connectivity index is 2.95. The number of rotatable bonds is 2. The molecule has 1 N–H and O–H groups in total. The van der Waals surface area contributed by atoms with Gasteiger partial charge in [0.2, 0.25) is 5.82 Å². The molecule has 1 aromatic carbocycles. The molecule has 8 heteroatoms. The minimum absolute atomic E-state index is 0.0531. The van der Waals surface area contributed by atoms with Gasteiger partial charge in [-0.3, -0.25) is 15.4 Å². The summed E-state index contributed by atoms with van der Waals surface area (Å²) < 4.78 is 18.6. The van der Waals surface area contributed by atoms with E-state index in [1.54, 1.807) is 20.8 Å². The van der Waals surface area contributed by atoms with Gasteiger partial charge in [0.1, 0.15) is 5.60 Å². The van der Waals surface area contributed by atoms with Crippen molar-refractivity contribution < 1.29 is 18.8 Å². The molecular formula is C11H12BrFN2O4. The molecule has 1 amide bonds. The zero-order valence-corrected chi connectivity index (χ0v) is 12.1. The summed E-state index contributed by atoms with van der Waals surface area (Å²) >= 11 is 3.02. The zero-order chi connectivity index (χ0) is 14.8. The van der Waals surface area contributed by atoms with E-state index in [-0.39, 0.29) is 10.2 Å². The normalized spacial score (nSPS) is 11.0. The molecule has 0 aromatic heterocycles. The van der Waals surface area contributed by atoms with E-state index in [1.165, 1.54) is 0 Å². The third-order valence-corrected chi connectivity index (χ3v) is 2.52. The van der Waals surface area contributed by atoms with Crippen LogP contribution < -0.4 is 5.32 Å². The molecule has 0 heterocycles. The van der Waals surface area contributed by atoms with Crippen LogP contribution in [-0.4, -0.2) is 16.6 Å². The van der Waals surface area contributed by atoms with E-state index in [4.69, 9.17) is 4.74 Å². The number of hydrogen-bond donors (Lipinski definition) is 1. The molecule has 0 radical (unpaired) electrons. The summed E-state index contributed by atoms with van der Waals surface area (Å²) in [7, 11) is 0. The maximum Gasteiger partial charge on any atom is 0.412 e. The number of anilines is 1. The van der Waals surface area contributed by atoms with Crippen LogP contribution in [0.1, 0.15) is 20.8 Å². The highest BCUT2D eigenvalue weighted by Gasteiger charge is 2.20. The predicted octanol–water partition coefficient (Wildman–Crippen LogP) is 3.84. The number of halogens is 2. The fourth-order valence-electron chi connectivity index (χ4n) is 1.19. The van der Waals surface area contributed by atoms with E-state index in [9.17, 15) is 19.3 Å². The fraction of sp³-hybridized carbons (Fsp3) is 0.364.